The van der Waals surface area contributed by atoms with Crippen LogP contribution in [0.2, 0.25) is 0 Å². The van der Waals surface area contributed by atoms with E-state index >= 15 is 0 Å². The van der Waals surface area contributed by atoms with E-state index in [-0.39, 0.29) is 12.4 Å². The number of hydrogen-bond donors (Lipinski definition) is 1. The van der Waals surface area contributed by atoms with Crippen LogP contribution < -0.4 is 11.1 Å². The quantitative estimate of drug-likeness (QED) is 0.741. The standard InChI is InChI=1S/C16H11BrFN3O3/c17-11-3-7-13(8-4-11)19-14(22)9-21-16(23)24-15(20-21)10-1-5-12(18)6-2-10/h1-8H,9H2,(H,19,22). The lowest BCUT2D eigenvalue weighted by atomic mass is 10.2. The Labute approximate surface area is 144 Å². The molecule has 1 aromatic heterocycles. The molecule has 3 rings (SSSR count). The van der Waals surface area contributed by atoms with Crippen molar-refractivity contribution in [1.82, 2.24) is 9.78 Å². The van der Waals surface area contributed by atoms with Gasteiger partial charge < -0.3 is 9.73 Å². The molecule has 24 heavy (non-hydrogen) atoms. The fourth-order valence-electron chi connectivity index (χ4n) is 1.99. The molecule has 6 nitrogen and oxygen atoms in total. The Bertz CT molecular complexity index is 917. The molecule has 8 heteroatoms. The van der Waals surface area contributed by atoms with Crippen LogP contribution in [0.3, 0.4) is 0 Å². The van der Waals surface area contributed by atoms with Gasteiger partial charge in [0.2, 0.25) is 11.8 Å². The first-order valence-corrected chi connectivity index (χ1v) is 7.70. The summed E-state index contributed by atoms with van der Waals surface area (Å²) >= 11 is 3.30. The number of rotatable bonds is 4. The first-order chi connectivity index (χ1) is 11.5. The van der Waals surface area contributed by atoms with Gasteiger partial charge in [-0.25, -0.2) is 9.18 Å². The first-order valence-electron chi connectivity index (χ1n) is 6.90. The Hall–Kier alpha value is -2.74. The van der Waals surface area contributed by atoms with E-state index in [1.807, 2.05) is 0 Å². The highest BCUT2D eigenvalue weighted by Gasteiger charge is 2.13. The molecule has 2 aromatic carbocycles. The summed E-state index contributed by atoms with van der Waals surface area (Å²) in [5.74, 6) is -1.57. The summed E-state index contributed by atoms with van der Waals surface area (Å²) in [6, 6.07) is 12.3. The topological polar surface area (TPSA) is 77.1 Å². The van der Waals surface area contributed by atoms with Crippen molar-refractivity contribution in [2.24, 2.45) is 0 Å². The molecule has 0 bridgehead atoms. The molecule has 0 saturated heterocycles. The van der Waals surface area contributed by atoms with Crippen LogP contribution in [0.5, 0.6) is 0 Å². The van der Waals surface area contributed by atoms with Crippen molar-refractivity contribution in [1.29, 1.82) is 0 Å². The number of hydrogen-bond acceptors (Lipinski definition) is 4. The maximum absolute atomic E-state index is 12.9. The highest BCUT2D eigenvalue weighted by Crippen LogP contribution is 2.16. The Balaban J connectivity index is 1.73. The monoisotopic (exact) mass is 391 g/mol. The van der Waals surface area contributed by atoms with Crippen molar-refractivity contribution in [3.63, 3.8) is 0 Å². The minimum atomic E-state index is -0.764. The number of amides is 1. The number of anilines is 1. The second kappa shape index (κ2) is 6.79. The SMILES string of the molecule is O=C(Cn1nc(-c2ccc(F)cc2)oc1=O)Nc1ccc(Br)cc1. The van der Waals surface area contributed by atoms with Crippen LogP contribution in [-0.2, 0) is 11.3 Å². The zero-order valence-electron chi connectivity index (χ0n) is 12.2. The third-order valence-electron chi connectivity index (χ3n) is 3.12. The normalized spacial score (nSPS) is 10.6. The molecule has 0 saturated carbocycles. The number of carbonyl (C=O) groups excluding carboxylic acids is 1. The van der Waals surface area contributed by atoms with Gasteiger partial charge in [-0.15, -0.1) is 5.10 Å². The average molecular weight is 392 g/mol. The van der Waals surface area contributed by atoms with Gasteiger partial charge in [0.15, 0.2) is 0 Å². The smallest absolute Gasteiger partial charge is 0.388 e. The zero-order chi connectivity index (χ0) is 17.1. The minimum absolute atomic E-state index is 0.0245. The van der Waals surface area contributed by atoms with E-state index in [9.17, 15) is 14.0 Å². The lowest BCUT2D eigenvalue weighted by Gasteiger charge is -2.04. The van der Waals surface area contributed by atoms with Gasteiger partial charge in [0.25, 0.3) is 0 Å². The van der Waals surface area contributed by atoms with E-state index in [2.05, 4.69) is 26.3 Å². The van der Waals surface area contributed by atoms with E-state index in [1.54, 1.807) is 24.3 Å². The molecule has 1 N–H and O–H groups in total. The van der Waals surface area contributed by atoms with E-state index in [4.69, 9.17) is 4.42 Å². The summed E-state index contributed by atoms with van der Waals surface area (Å²) in [6.07, 6.45) is 0. The summed E-state index contributed by atoms with van der Waals surface area (Å²) in [6.45, 7) is -0.292. The van der Waals surface area contributed by atoms with Gasteiger partial charge in [-0.3, -0.25) is 4.79 Å². The fraction of sp³-hybridized carbons (Fsp3) is 0.0625. The molecule has 0 aliphatic carbocycles. The predicted octanol–water partition coefficient (Wildman–Crippen LogP) is 3.04. The average Bonchev–Trinajstić information content (AvgIpc) is 2.91. The molecule has 0 atom stereocenters. The van der Waals surface area contributed by atoms with Crippen molar-refractivity contribution < 1.29 is 13.6 Å². The van der Waals surface area contributed by atoms with Crippen LogP contribution in [0.25, 0.3) is 11.5 Å². The number of halogens is 2. The molecular weight excluding hydrogens is 381 g/mol. The number of carbonyl (C=O) groups is 1. The van der Waals surface area contributed by atoms with Gasteiger partial charge in [-0.2, -0.15) is 4.68 Å². The van der Waals surface area contributed by atoms with Crippen LogP contribution in [0.15, 0.2) is 62.2 Å². The second-order valence-electron chi connectivity index (χ2n) is 4.89. The molecular formula is C16H11BrFN3O3. The Morgan fingerprint density at radius 1 is 1.17 bits per heavy atom. The Kier molecular flexibility index (Phi) is 4.57. The van der Waals surface area contributed by atoms with Gasteiger partial charge in [0.1, 0.15) is 12.4 Å². The van der Waals surface area contributed by atoms with Gasteiger partial charge in [0, 0.05) is 15.7 Å². The van der Waals surface area contributed by atoms with Crippen LogP contribution in [0, 0.1) is 5.82 Å². The second-order valence-corrected chi connectivity index (χ2v) is 5.81. The Morgan fingerprint density at radius 2 is 1.83 bits per heavy atom. The van der Waals surface area contributed by atoms with Crippen molar-refractivity contribution in [2.45, 2.75) is 6.54 Å². The van der Waals surface area contributed by atoms with Gasteiger partial charge >= 0.3 is 5.76 Å². The third-order valence-corrected chi connectivity index (χ3v) is 3.65. The highest BCUT2D eigenvalue weighted by molar-refractivity contribution is 9.10. The highest BCUT2D eigenvalue weighted by atomic mass is 79.9. The molecule has 0 spiro atoms. The van der Waals surface area contributed by atoms with E-state index < -0.39 is 17.5 Å². The largest absolute Gasteiger partial charge is 0.437 e. The van der Waals surface area contributed by atoms with Gasteiger partial charge in [0.05, 0.1) is 0 Å². The number of aromatic nitrogens is 2. The zero-order valence-corrected chi connectivity index (χ0v) is 13.8. The summed E-state index contributed by atoms with van der Waals surface area (Å²) in [7, 11) is 0. The molecule has 1 heterocycles. The maximum Gasteiger partial charge on any atom is 0.437 e. The van der Waals surface area contributed by atoms with Crippen molar-refractivity contribution >= 4 is 27.5 Å². The Morgan fingerprint density at radius 3 is 2.50 bits per heavy atom. The molecule has 0 unspecified atom stereocenters. The van der Waals surface area contributed by atoms with Crippen molar-refractivity contribution in [3.8, 4) is 11.5 Å². The summed E-state index contributed by atoms with van der Waals surface area (Å²) in [5, 5.41) is 6.60. The molecule has 0 fully saturated rings. The van der Waals surface area contributed by atoms with Gasteiger partial charge in [-0.1, -0.05) is 15.9 Å². The fourth-order valence-corrected chi connectivity index (χ4v) is 2.25. The van der Waals surface area contributed by atoms with Crippen LogP contribution in [-0.4, -0.2) is 15.7 Å². The van der Waals surface area contributed by atoms with Gasteiger partial charge in [-0.05, 0) is 48.5 Å². The summed E-state index contributed by atoms with van der Waals surface area (Å²) < 4.78 is 19.7. The van der Waals surface area contributed by atoms with E-state index in [0.29, 0.717) is 11.3 Å². The van der Waals surface area contributed by atoms with Crippen LogP contribution >= 0.6 is 15.9 Å². The summed E-state index contributed by atoms with van der Waals surface area (Å²) in [4.78, 5) is 23.8. The number of nitrogens with zero attached hydrogens (tertiary/aromatic N) is 2. The lowest BCUT2D eigenvalue weighted by molar-refractivity contribution is -0.117. The molecule has 122 valence electrons. The van der Waals surface area contributed by atoms with E-state index in [0.717, 1.165) is 9.15 Å². The minimum Gasteiger partial charge on any atom is -0.388 e. The molecule has 0 aliphatic heterocycles. The van der Waals surface area contributed by atoms with Crippen LogP contribution in [0.1, 0.15) is 0 Å². The van der Waals surface area contributed by atoms with E-state index in [1.165, 1.54) is 24.3 Å². The molecule has 1 amide bonds. The summed E-state index contributed by atoms with van der Waals surface area (Å²) in [5.41, 5.74) is 1.04. The third kappa shape index (κ3) is 3.77. The first kappa shape index (κ1) is 16.1. The van der Waals surface area contributed by atoms with Crippen molar-refractivity contribution in [3.05, 3.63) is 69.4 Å². The van der Waals surface area contributed by atoms with Crippen LogP contribution in [0.4, 0.5) is 10.1 Å². The molecule has 0 radical (unpaired) electrons. The number of nitrogens with one attached hydrogen (secondary N) is 1. The molecule has 0 aliphatic rings. The molecule has 3 aromatic rings. The lowest BCUT2D eigenvalue weighted by Crippen LogP contribution is -2.25. The maximum atomic E-state index is 12.9. The number of benzene rings is 2. The van der Waals surface area contributed by atoms with Crippen molar-refractivity contribution in [2.75, 3.05) is 5.32 Å². The predicted molar refractivity (Wildman–Crippen MR) is 88.9 cm³/mol.